The number of halogens is 2. The molecule has 0 spiro atoms. The maximum Gasteiger partial charge on any atom is 0.265 e. The van der Waals surface area contributed by atoms with Gasteiger partial charge in [0, 0.05) is 6.20 Å². The lowest BCUT2D eigenvalue weighted by molar-refractivity contribution is 0.802. The zero-order valence-corrected chi connectivity index (χ0v) is 12.2. The van der Waals surface area contributed by atoms with E-state index >= 15 is 0 Å². The quantitative estimate of drug-likeness (QED) is 0.919. The van der Waals surface area contributed by atoms with Gasteiger partial charge in [-0.25, -0.2) is 4.98 Å². The zero-order valence-electron chi connectivity index (χ0n) is 9.87. The van der Waals surface area contributed by atoms with Gasteiger partial charge in [0.1, 0.15) is 10.2 Å². The second-order valence-corrected chi connectivity index (χ2v) is 5.36. The summed E-state index contributed by atoms with van der Waals surface area (Å²) in [6.07, 6.45) is 1.52. The van der Waals surface area contributed by atoms with Gasteiger partial charge in [0.2, 0.25) is 0 Å². The molecule has 6 heteroatoms. The molecule has 1 N–H and O–H groups in total. The molecule has 0 unspecified atom stereocenters. The molecule has 0 saturated heterocycles. The molecule has 0 aliphatic carbocycles. The maximum absolute atomic E-state index is 11.8. The third kappa shape index (κ3) is 2.62. The van der Waals surface area contributed by atoms with E-state index in [1.54, 1.807) is 12.1 Å². The van der Waals surface area contributed by atoms with Crippen molar-refractivity contribution in [2.75, 3.05) is 0 Å². The van der Waals surface area contributed by atoms with Gasteiger partial charge in [-0.15, -0.1) is 0 Å². The molecule has 18 heavy (non-hydrogen) atoms. The Kier molecular flexibility index (Phi) is 3.82. The predicted octanol–water partition coefficient (Wildman–Crippen LogP) is 3.37. The lowest BCUT2D eigenvalue weighted by Crippen LogP contribution is -2.14. The first-order chi connectivity index (χ1) is 8.49. The molecular weight excluding hydrogens is 318 g/mol. The minimum Gasteiger partial charge on any atom is -0.304 e. The second kappa shape index (κ2) is 5.20. The first-order valence-corrected chi connectivity index (χ1v) is 6.57. The lowest BCUT2D eigenvalue weighted by atomic mass is 10.1. The average Bonchev–Trinajstić information content (AvgIpc) is 2.33. The Hall–Kier alpha value is -1.20. The van der Waals surface area contributed by atoms with E-state index in [0.29, 0.717) is 26.7 Å². The highest BCUT2D eigenvalue weighted by Gasteiger charge is 2.13. The Morgan fingerprint density at radius 1 is 1.39 bits per heavy atom. The van der Waals surface area contributed by atoms with Gasteiger partial charge in [-0.2, -0.15) is 0 Å². The highest BCUT2D eigenvalue weighted by molar-refractivity contribution is 9.10. The molecule has 2 aromatic heterocycles. The van der Waals surface area contributed by atoms with Gasteiger partial charge in [0.25, 0.3) is 5.56 Å². The van der Waals surface area contributed by atoms with Gasteiger partial charge < -0.3 is 4.98 Å². The van der Waals surface area contributed by atoms with Crippen LogP contribution in [0.4, 0.5) is 0 Å². The standard InChI is InChI=1S/C12H11BrClN3O/c1-6(2)10-9(13)12(18)17-11(16-10)8-4-3-7(14)5-15-8/h3-6H,1-2H3,(H,16,17,18). The van der Waals surface area contributed by atoms with Crippen molar-refractivity contribution in [3.05, 3.63) is 43.9 Å². The van der Waals surface area contributed by atoms with E-state index < -0.39 is 0 Å². The summed E-state index contributed by atoms with van der Waals surface area (Å²) in [7, 11) is 0. The van der Waals surface area contributed by atoms with Crippen molar-refractivity contribution in [3.63, 3.8) is 0 Å². The summed E-state index contributed by atoms with van der Waals surface area (Å²) >= 11 is 9.03. The first-order valence-electron chi connectivity index (χ1n) is 5.40. The highest BCUT2D eigenvalue weighted by atomic mass is 79.9. The van der Waals surface area contributed by atoms with Gasteiger partial charge in [-0.05, 0) is 34.0 Å². The topological polar surface area (TPSA) is 58.6 Å². The molecule has 0 fully saturated rings. The van der Waals surface area contributed by atoms with E-state index in [0.717, 1.165) is 0 Å². The van der Waals surface area contributed by atoms with Crippen molar-refractivity contribution in [3.8, 4) is 11.5 Å². The van der Waals surface area contributed by atoms with E-state index in [9.17, 15) is 4.79 Å². The number of pyridine rings is 1. The van der Waals surface area contributed by atoms with Gasteiger partial charge in [0.15, 0.2) is 5.82 Å². The molecule has 0 amide bonds. The SMILES string of the molecule is CC(C)c1nc(-c2ccc(Cl)cn2)[nH]c(=O)c1Br. The second-order valence-electron chi connectivity index (χ2n) is 4.13. The summed E-state index contributed by atoms with van der Waals surface area (Å²) < 4.78 is 0.468. The minimum absolute atomic E-state index is 0.146. The fourth-order valence-corrected chi connectivity index (χ4v) is 2.25. The largest absolute Gasteiger partial charge is 0.304 e. The number of hydrogen-bond acceptors (Lipinski definition) is 3. The zero-order chi connectivity index (χ0) is 13.3. The molecule has 0 aromatic carbocycles. The summed E-state index contributed by atoms with van der Waals surface area (Å²) in [5.41, 5.74) is 1.09. The summed E-state index contributed by atoms with van der Waals surface area (Å²) in [4.78, 5) is 23.1. The Morgan fingerprint density at radius 2 is 2.11 bits per heavy atom. The smallest absolute Gasteiger partial charge is 0.265 e. The molecule has 2 aromatic rings. The monoisotopic (exact) mass is 327 g/mol. The summed E-state index contributed by atoms with van der Waals surface area (Å²) in [5.74, 6) is 0.594. The van der Waals surface area contributed by atoms with Crippen molar-refractivity contribution in [2.45, 2.75) is 19.8 Å². The van der Waals surface area contributed by atoms with Gasteiger partial charge in [-0.1, -0.05) is 25.4 Å². The first kappa shape index (κ1) is 13.2. The fourth-order valence-electron chi connectivity index (χ4n) is 1.50. The van der Waals surface area contributed by atoms with Crippen LogP contribution >= 0.6 is 27.5 Å². The molecule has 0 aliphatic heterocycles. The van der Waals surface area contributed by atoms with Crippen LogP contribution in [-0.2, 0) is 0 Å². The highest BCUT2D eigenvalue weighted by Crippen LogP contribution is 2.21. The van der Waals surface area contributed by atoms with Crippen molar-refractivity contribution in [1.82, 2.24) is 15.0 Å². The van der Waals surface area contributed by atoms with Crippen molar-refractivity contribution < 1.29 is 0 Å². The molecule has 0 atom stereocenters. The summed E-state index contributed by atoms with van der Waals surface area (Å²) in [6, 6.07) is 3.43. The molecule has 4 nitrogen and oxygen atoms in total. The molecule has 94 valence electrons. The number of nitrogens with zero attached hydrogens (tertiary/aromatic N) is 2. The molecule has 2 rings (SSSR count). The molecule has 0 radical (unpaired) electrons. The van der Waals surface area contributed by atoms with Crippen LogP contribution in [0.1, 0.15) is 25.5 Å². The average molecular weight is 329 g/mol. The number of aromatic nitrogens is 3. The molecule has 0 aliphatic rings. The normalized spacial score (nSPS) is 10.9. The minimum atomic E-state index is -0.208. The Bertz CT molecular complexity index is 622. The van der Waals surface area contributed by atoms with Crippen LogP contribution in [-0.4, -0.2) is 15.0 Å². The Morgan fingerprint density at radius 3 is 2.67 bits per heavy atom. The van der Waals surface area contributed by atoms with E-state index in [1.807, 2.05) is 13.8 Å². The maximum atomic E-state index is 11.8. The van der Waals surface area contributed by atoms with E-state index in [2.05, 4.69) is 30.9 Å². The van der Waals surface area contributed by atoms with Gasteiger partial charge in [-0.3, -0.25) is 9.78 Å². The lowest BCUT2D eigenvalue weighted by Gasteiger charge is -2.08. The summed E-state index contributed by atoms with van der Waals surface area (Å²) in [6.45, 7) is 3.96. The van der Waals surface area contributed by atoms with Crippen LogP contribution in [0.5, 0.6) is 0 Å². The molecular formula is C12H11BrClN3O. The number of hydrogen-bond donors (Lipinski definition) is 1. The molecule has 0 saturated carbocycles. The van der Waals surface area contributed by atoms with E-state index in [-0.39, 0.29) is 11.5 Å². The van der Waals surface area contributed by atoms with Crippen LogP contribution in [0.25, 0.3) is 11.5 Å². The van der Waals surface area contributed by atoms with Crippen molar-refractivity contribution in [2.24, 2.45) is 0 Å². The van der Waals surface area contributed by atoms with Crippen LogP contribution in [0, 0.1) is 0 Å². The predicted molar refractivity (Wildman–Crippen MR) is 74.9 cm³/mol. The van der Waals surface area contributed by atoms with Crippen LogP contribution in [0.15, 0.2) is 27.6 Å². The molecule has 2 heterocycles. The fraction of sp³-hybridized carbons (Fsp3) is 0.250. The van der Waals surface area contributed by atoms with E-state index in [1.165, 1.54) is 6.20 Å². The van der Waals surface area contributed by atoms with Gasteiger partial charge in [0.05, 0.1) is 10.7 Å². The number of H-pyrrole nitrogens is 1. The summed E-state index contributed by atoms with van der Waals surface area (Å²) in [5, 5.41) is 0.544. The third-order valence-corrected chi connectivity index (χ3v) is 3.40. The number of aromatic amines is 1. The van der Waals surface area contributed by atoms with Crippen LogP contribution in [0.3, 0.4) is 0 Å². The third-order valence-electron chi connectivity index (χ3n) is 2.41. The van der Waals surface area contributed by atoms with Gasteiger partial charge >= 0.3 is 0 Å². The Labute approximate surface area is 118 Å². The van der Waals surface area contributed by atoms with Crippen molar-refractivity contribution in [1.29, 1.82) is 0 Å². The number of rotatable bonds is 2. The van der Waals surface area contributed by atoms with Crippen LogP contribution in [0.2, 0.25) is 5.02 Å². The van der Waals surface area contributed by atoms with E-state index in [4.69, 9.17) is 11.6 Å². The Balaban J connectivity index is 2.59. The number of nitrogens with one attached hydrogen (secondary N) is 1. The molecule has 0 bridgehead atoms. The van der Waals surface area contributed by atoms with Crippen LogP contribution < -0.4 is 5.56 Å². The van der Waals surface area contributed by atoms with Crippen molar-refractivity contribution >= 4 is 27.5 Å².